The molecule has 0 amide bonds. The van der Waals surface area contributed by atoms with E-state index in [1.807, 2.05) is 20.0 Å². The molecule has 44 heavy (non-hydrogen) atoms. The van der Waals surface area contributed by atoms with Gasteiger partial charge < -0.3 is 24.1 Å². The van der Waals surface area contributed by atoms with Crippen LogP contribution in [0.5, 0.6) is 0 Å². The quantitative estimate of drug-likeness (QED) is 0.340. The van der Waals surface area contributed by atoms with Crippen LogP contribution in [0.15, 0.2) is 31.6 Å². The van der Waals surface area contributed by atoms with E-state index in [4.69, 9.17) is 19.0 Å². The summed E-state index contributed by atoms with van der Waals surface area (Å²) in [6, 6.07) is 0. The first kappa shape index (κ1) is 38.9. The highest BCUT2D eigenvalue weighted by atomic mass is 28.4. The third-order valence-corrected chi connectivity index (χ3v) is 12.7. The number of hydrogen-bond donors (Lipinski definition) is 4. The first-order valence-electron chi connectivity index (χ1n) is 13.8. The minimum absolute atomic E-state index is 0. The summed E-state index contributed by atoms with van der Waals surface area (Å²) < 4.78 is 20.0. The van der Waals surface area contributed by atoms with E-state index in [2.05, 4.69) is 30.7 Å². The Morgan fingerprint density at radius 2 is 1.41 bits per heavy atom. The molecule has 4 N–H and O–H groups in total. The largest absolute Gasteiger partial charge is 0.479 e. The van der Waals surface area contributed by atoms with Crippen molar-refractivity contribution < 1.29 is 28.9 Å². The number of nitrogens with one attached hydrogen (secondary N) is 2. The van der Waals surface area contributed by atoms with Gasteiger partial charge in [-0.2, -0.15) is 0 Å². The fourth-order valence-electron chi connectivity index (χ4n) is 4.56. The highest BCUT2D eigenvalue weighted by Gasteiger charge is 2.47. The first-order valence-corrected chi connectivity index (χ1v) is 16.7. The molecule has 2 aliphatic rings. The number of aromatic amines is 2. The molecule has 0 saturated carbocycles. The molecular formula is C29H50N4O10Si. The Kier molecular flexibility index (Phi) is 13.1. The van der Waals surface area contributed by atoms with Crippen molar-refractivity contribution >= 4 is 14.3 Å². The third kappa shape index (κ3) is 8.53. The van der Waals surface area contributed by atoms with Crippen molar-refractivity contribution in [3.8, 4) is 0 Å². The van der Waals surface area contributed by atoms with Crippen LogP contribution in [-0.4, -0.2) is 68.5 Å². The molecule has 0 spiro atoms. The number of ether oxygens (including phenoxy) is 2. The maximum Gasteiger partial charge on any atom is 0.335 e. The van der Waals surface area contributed by atoms with Gasteiger partial charge in [-0.05, 0) is 44.3 Å². The molecule has 2 fully saturated rings. The second kappa shape index (κ2) is 14.8. The highest BCUT2D eigenvalue weighted by molar-refractivity contribution is 6.74. The second-order valence-corrected chi connectivity index (χ2v) is 17.2. The molecule has 0 aromatic carbocycles. The summed E-state index contributed by atoms with van der Waals surface area (Å²) in [4.78, 5) is 62.5. The number of carbonyl (C=O) groups is 1. The molecule has 15 heteroatoms. The summed E-state index contributed by atoms with van der Waals surface area (Å²) in [5.74, 6) is -0.940. The van der Waals surface area contributed by atoms with Crippen molar-refractivity contribution in [2.45, 2.75) is 118 Å². The van der Waals surface area contributed by atoms with Crippen LogP contribution in [0.2, 0.25) is 18.1 Å². The molecule has 2 aliphatic heterocycles. The van der Waals surface area contributed by atoms with Gasteiger partial charge in [-0.25, -0.2) is 14.4 Å². The van der Waals surface area contributed by atoms with Crippen LogP contribution in [0.25, 0.3) is 0 Å². The number of aromatic nitrogens is 4. The molecular weight excluding hydrogens is 592 g/mol. The molecule has 4 heterocycles. The van der Waals surface area contributed by atoms with Crippen molar-refractivity contribution in [1.29, 1.82) is 0 Å². The average molecular weight is 643 g/mol. The molecule has 2 aromatic heterocycles. The van der Waals surface area contributed by atoms with E-state index in [0.717, 1.165) is 0 Å². The Bertz CT molecular complexity index is 1520. The van der Waals surface area contributed by atoms with Gasteiger partial charge in [0.2, 0.25) is 0 Å². The molecule has 6 atom stereocenters. The van der Waals surface area contributed by atoms with E-state index in [1.165, 1.54) is 21.5 Å². The van der Waals surface area contributed by atoms with Crippen LogP contribution in [-0.2, 0) is 18.7 Å². The Hall–Kier alpha value is -3.11. The normalized spacial score (nSPS) is 24.9. The highest BCUT2D eigenvalue weighted by Crippen LogP contribution is 2.41. The maximum atomic E-state index is 12.1. The van der Waals surface area contributed by atoms with E-state index in [0.29, 0.717) is 17.5 Å². The van der Waals surface area contributed by atoms with E-state index < -0.39 is 55.9 Å². The van der Waals surface area contributed by atoms with Gasteiger partial charge in [0.1, 0.15) is 12.5 Å². The number of rotatable bonds is 6. The zero-order valence-corrected chi connectivity index (χ0v) is 26.3. The van der Waals surface area contributed by atoms with Crippen molar-refractivity contribution in [2.24, 2.45) is 5.92 Å². The lowest BCUT2D eigenvalue weighted by atomic mass is 10.0. The zero-order valence-electron chi connectivity index (χ0n) is 25.3. The van der Waals surface area contributed by atoms with Gasteiger partial charge in [0.15, 0.2) is 14.4 Å². The average Bonchev–Trinajstić information content (AvgIpc) is 3.46. The SMILES string of the molecule is C.C.Cc1cn([C@H]2CC(C)[C@@H](CO)O2)c(=O)[nH]c1=O.Cc1cn([C@H]2CC(O[Si](C)(C)C(C)(C)C)[C@@H](C(=O)O)O2)c(=O)[nH]c1=O. The first-order chi connectivity index (χ1) is 19.4. The van der Waals surface area contributed by atoms with Gasteiger partial charge in [0.05, 0.1) is 18.8 Å². The monoisotopic (exact) mass is 642 g/mol. The summed E-state index contributed by atoms with van der Waals surface area (Å²) >= 11 is 0. The number of aliphatic hydroxyl groups is 1. The smallest absolute Gasteiger partial charge is 0.335 e. The summed E-state index contributed by atoms with van der Waals surface area (Å²) in [6.07, 6.45) is 0.507. The van der Waals surface area contributed by atoms with E-state index >= 15 is 0 Å². The standard InChI is InChI=1S/C16H26N2O6Si.C11H16N2O4.2CH4/c1-9-8-18(15(22)17-13(9)19)11-7-10(12(23-11)14(20)21)24-25(5,6)16(2,3)4;1-6-3-9(17-8(6)5-14)13-4-7(2)10(15)12-11(13)16;;/h8,10-12H,7H2,1-6H3,(H,20,21)(H,17,19,22);4,6,8-9,14H,3,5H2,1-2H3,(H,12,15,16);2*1H4/t10?,11-,12+;6?,8-,9-;;/m11../s1. The van der Waals surface area contributed by atoms with E-state index in [-0.39, 0.29) is 50.5 Å². The number of carboxylic acid groups (broad SMARTS) is 1. The van der Waals surface area contributed by atoms with E-state index in [9.17, 15) is 29.1 Å². The van der Waals surface area contributed by atoms with Crippen molar-refractivity contribution in [2.75, 3.05) is 6.61 Å². The molecule has 2 saturated heterocycles. The van der Waals surface area contributed by atoms with Gasteiger partial charge in [-0.15, -0.1) is 0 Å². The van der Waals surface area contributed by atoms with Gasteiger partial charge in [-0.1, -0.05) is 42.5 Å². The molecule has 4 rings (SSSR count). The molecule has 250 valence electrons. The fraction of sp³-hybridized carbons (Fsp3) is 0.690. The van der Waals surface area contributed by atoms with Crippen molar-refractivity contribution in [1.82, 2.24) is 19.1 Å². The Balaban J connectivity index is 0.000000448. The number of carboxylic acids is 1. The zero-order chi connectivity index (χ0) is 31.7. The number of aryl methyl sites for hydroxylation is 2. The molecule has 0 bridgehead atoms. The fourth-order valence-corrected chi connectivity index (χ4v) is 5.89. The number of H-pyrrole nitrogens is 2. The van der Waals surface area contributed by atoms with Crippen LogP contribution < -0.4 is 22.5 Å². The summed E-state index contributed by atoms with van der Waals surface area (Å²) in [5, 5.41) is 18.5. The molecule has 2 unspecified atom stereocenters. The van der Waals surface area contributed by atoms with Gasteiger partial charge in [0, 0.05) is 29.9 Å². The molecule has 0 radical (unpaired) electrons. The Morgan fingerprint density at radius 1 is 0.955 bits per heavy atom. The van der Waals surface area contributed by atoms with Gasteiger partial charge >= 0.3 is 17.3 Å². The summed E-state index contributed by atoms with van der Waals surface area (Å²) in [6.45, 7) is 15.4. The number of aliphatic hydroxyl groups excluding tert-OH is 1. The van der Waals surface area contributed by atoms with Crippen LogP contribution >= 0.6 is 0 Å². The molecule has 2 aromatic rings. The number of nitrogens with zero attached hydrogens (tertiary/aromatic N) is 2. The van der Waals surface area contributed by atoms with Gasteiger partial charge in [0.25, 0.3) is 11.1 Å². The summed E-state index contributed by atoms with van der Waals surface area (Å²) in [5.41, 5.74) is -1.13. The lowest BCUT2D eigenvalue weighted by Gasteiger charge is -2.38. The van der Waals surface area contributed by atoms with Crippen LogP contribution in [0, 0.1) is 19.8 Å². The number of hydrogen-bond acceptors (Lipinski definition) is 9. The third-order valence-electron chi connectivity index (χ3n) is 8.20. The molecule has 0 aliphatic carbocycles. The predicted molar refractivity (Wildman–Crippen MR) is 169 cm³/mol. The molecule has 14 nitrogen and oxygen atoms in total. The van der Waals surface area contributed by atoms with E-state index in [1.54, 1.807) is 13.8 Å². The lowest BCUT2D eigenvalue weighted by Crippen LogP contribution is -2.47. The maximum absolute atomic E-state index is 12.1. The van der Waals surface area contributed by atoms with Crippen LogP contribution in [0.3, 0.4) is 0 Å². The van der Waals surface area contributed by atoms with Crippen LogP contribution in [0.4, 0.5) is 0 Å². The predicted octanol–water partition coefficient (Wildman–Crippen LogP) is 2.64. The van der Waals surface area contributed by atoms with Crippen molar-refractivity contribution in [3.63, 3.8) is 0 Å². The summed E-state index contributed by atoms with van der Waals surface area (Å²) in [7, 11) is -2.21. The minimum Gasteiger partial charge on any atom is -0.479 e. The van der Waals surface area contributed by atoms with Crippen LogP contribution in [0.1, 0.15) is 79.0 Å². The van der Waals surface area contributed by atoms with Crippen molar-refractivity contribution in [3.05, 3.63) is 65.2 Å². The minimum atomic E-state index is -2.21. The van der Waals surface area contributed by atoms with Gasteiger partial charge in [-0.3, -0.25) is 28.7 Å². The Labute approximate surface area is 258 Å². The second-order valence-electron chi connectivity index (χ2n) is 12.5. The number of aliphatic carboxylic acids is 1. The topological polar surface area (TPSA) is 195 Å². The lowest BCUT2D eigenvalue weighted by molar-refractivity contribution is -0.155. The Morgan fingerprint density at radius 3 is 1.80 bits per heavy atom.